The predicted octanol–water partition coefficient (Wildman–Crippen LogP) is 2.84. The van der Waals surface area contributed by atoms with Gasteiger partial charge in [-0.1, -0.05) is 42.1 Å². The van der Waals surface area contributed by atoms with Crippen LogP contribution in [0.3, 0.4) is 0 Å². The lowest BCUT2D eigenvalue weighted by Crippen LogP contribution is -2.33. The third-order valence-electron chi connectivity index (χ3n) is 3.38. The van der Waals surface area contributed by atoms with Gasteiger partial charge in [0.2, 0.25) is 0 Å². The molecule has 0 bridgehead atoms. The SMILES string of the molecule is O=C1N=C(N2CCCCC2)SC1c1ccccc1. The second kappa shape index (κ2) is 5.14. The van der Waals surface area contributed by atoms with E-state index in [4.69, 9.17) is 0 Å². The van der Waals surface area contributed by atoms with Gasteiger partial charge in [-0.3, -0.25) is 4.79 Å². The Morgan fingerprint density at radius 3 is 2.56 bits per heavy atom. The summed E-state index contributed by atoms with van der Waals surface area (Å²) >= 11 is 1.60. The van der Waals surface area contributed by atoms with Crippen molar-refractivity contribution in [2.75, 3.05) is 13.1 Å². The van der Waals surface area contributed by atoms with Crippen molar-refractivity contribution in [1.82, 2.24) is 4.90 Å². The van der Waals surface area contributed by atoms with Crippen molar-refractivity contribution >= 4 is 22.8 Å². The van der Waals surface area contributed by atoms with E-state index < -0.39 is 0 Å². The van der Waals surface area contributed by atoms with Crippen LogP contribution in [0, 0.1) is 0 Å². The third kappa shape index (κ3) is 2.29. The van der Waals surface area contributed by atoms with Gasteiger partial charge < -0.3 is 4.90 Å². The van der Waals surface area contributed by atoms with Gasteiger partial charge >= 0.3 is 0 Å². The smallest absolute Gasteiger partial charge is 0.266 e. The molecule has 1 amide bonds. The van der Waals surface area contributed by atoms with Gasteiger partial charge in [-0.15, -0.1) is 0 Å². The number of carbonyl (C=O) groups is 1. The highest BCUT2D eigenvalue weighted by molar-refractivity contribution is 8.15. The summed E-state index contributed by atoms with van der Waals surface area (Å²) in [6, 6.07) is 9.93. The summed E-state index contributed by atoms with van der Waals surface area (Å²) < 4.78 is 0. The summed E-state index contributed by atoms with van der Waals surface area (Å²) in [4.78, 5) is 18.5. The topological polar surface area (TPSA) is 32.7 Å². The largest absolute Gasteiger partial charge is 0.351 e. The molecule has 94 valence electrons. The number of benzene rings is 1. The van der Waals surface area contributed by atoms with Gasteiger partial charge in [0.15, 0.2) is 5.17 Å². The molecule has 4 heteroatoms. The molecular weight excluding hydrogens is 244 g/mol. The second-order valence-electron chi connectivity index (χ2n) is 4.69. The molecule has 1 aromatic rings. The van der Waals surface area contributed by atoms with Crippen molar-refractivity contribution in [1.29, 1.82) is 0 Å². The number of aliphatic imine (C=N–C) groups is 1. The molecule has 0 N–H and O–H groups in total. The van der Waals surface area contributed by atoms with E-state index in [0.29, 0.717) is 0 Å². The maximum atomic E-state index is 12.0. The van der Waals surface area contributed by atoms with E-state index in [1.165, 1.54) is 19.3 Å². The molecule has 3 rings (SSSR count). The van der Waals surface area contributed by atoms with E-state index in [1.807, 2.05) is 30.3 Å². The monoisotopic (exact) mass is 260 g/mol. The van der Waals surface area contributed by atoms with Gasteiger partial charge in [0.25, 0.3) is 5.91 Å². The fourth-order valence-electron chi connectivity index (χ4n) is 2.40. The standard InChI is InChI=1S/C14H16N2OS/c17-13-12(11-7-3-1-4-8-11)18-14(15-13)16-9-5-2-6-10-16/h1,3-4,7-8,12H,2,5-6,9-10H2. The maximum absolute atomic E-state index is 12.0. The fraction of sp³-hybridized carbons (Fsp3) is 0.429. The zero-order valence-corrected chi connectivity index (χ0v) is 11.0. The maximum Gasteiger partial charge on any atom is 0.266 e. The number of amides is 1. The first-order valence-electron chi connectivity index (χ1n) is 6.44. The average molecular weight is 260 g/mol. The molecule has 1 fully saturated rings. The highest BCUT2D eigenvalue weighted by Crippen LogP contribution is 2.37. The normalized spacial score (nSPS) is 24.2. The third-order valence-corrected chi connectivity index (χ3v) is 4.65. The van der Waals surface area contributed by atoms with Gasteiger partial charge in [0.1, 0.15) is 5.25 Å². The van der Waals surface area contributed by atoms with Crippen LogP contribution < -0.4 is 0 Å². The van der Waals surface area contributed by atoms with Crippen molar-refractivity contribution < 1.29 is 4.79 Å². The Hall–Kier alpha value is -1.29. The quantitative estimate of drug-likeness (QED) is 0.778. The number of carbonyl (C=O) groups excluding carboxylic acids is 1. The molecule has 0 aromatic heterocycles. The molecule has 0 radical (unpaired) electrons. The van der Waals surface area contributed by atoms with Gasteiger partial charge in [0, 0.05) is 13.1 Å². The number of piperidine rings is 1. The molecule has 3 nitrogen and oxygen atoms in total. The minimum absolute atomic E-state index is 0.00762. The molecule has 1 atom stereocenters. The Morgan fingerprint density at radius 2 is 1.83 bits per heavy atom. The molecule has 1 aromatic carbocycles. The summed E-state index contributed by atoms with van der Waals surface area (Å²) in [5.41, 5.74) is 1.06. The second-order valence-corrected chi connectivity index (χ2v) is 5.76. The molecule has 18 heavy (non-hydrogen) atoms. The summed E-state index contributed by atoms with van der Waals surface area (Å²) in [7, 11) is 0. The predicted molar refractivity (Wildman–Crippen MR) is 74.6 cm³/mol. The zero-order chi connectivity index (χ0) is 12.4. The minimum Gasteiger partial charge on any atom is -0.351 e. The van der Waals surface area contributed by atoms with Crippen LogP contribution in [0.2, 0.25) is 0 Å². The minimum atomic E-state index is -0.136. The lowest BCUT2D eigenvalue weighted by Gasteiger charge is -2.27. The average Bonchev–Trinajstić information content (AvgIpc) is 2.83. The molecule has 2 heterocycles. The highest BCUT2D eigenvalue weighted by Gasteiger charge is 2.32. The molecule has 2 aliphatic rings. The number of hydrogen-bond acceptors (Lipinski definition) is 3. The van der Waals surface area contributed by atoms with E-state index in [9.17, 15) is 4.79 Å². The Morgan fingerprint density at radius 1 is 1.11 bits per heavy atom. The van der Waals surface area contributed by atoms with Crippen molar-refractivity contribution in [3.8, 4) is 0 Å². The Labute approximate surface area is 111 Å². The fourth-order valence-corrected chi connectivity index (χ4v) is 3.54. The van der Waals surface area contributed by atoms with Crippen molar-refractivity contribution in [3.05, 3.63) is 35.9 Å². The lowest BCUT2D eigenvalue weighted by atomic mass is 10.1. The number of likely N-dealkylation sites (tertiary alicyclic amines) is 1. The first-order valence-corrected chi connectivity index (χ1v) is 7.31. The van der Waals surface area contributed by atoms with Gasteiger partial charge in [0.05, 0.1) is 0 Å². The van der Waals surface area contributed by atoms with E-state index in [-0.39, 0.29) is 11.2 Å². The van der Waals surface area contributed by atoms with Crippen LogP contribution in [0.25, 0.3) is 0 Å². The van der Waals surface area contributed by atoms with Crippen molar-refractivity contribution in [2.45, 2.75) is 24.5 Å². The highest BCUT2D eigenvalue weighted by atomic mass is 32.2. The first kappa shape index (κ1) is 11.8. The summed E-state index contributed by atoms with van der Waals surface area (Å²) in [5.74, 6) is -0.00762. The van der Waals surface area contributed by atoms with Crippen LogP contribution in [0.4, 0.5) is 0 Å². The molecular formula is C14H16N2OS. The van der Waals surface area contributed by atoms with E-state index in [2.05, 4.69) is 9.89 Å². The van der Waals surface area contributed by atoms with Crippen LogP contribution in [0.5, 0.6) is 0 Å². The molecule has 1 saturated heterocycles. The lowest BCUT2D eigenvalue weighted by molar-refractivity contribution is -0.117. The molecule has 0 saturated carbocycles. The molecule has 1 unspecified atom stereocenters. The van der Waals surface area contributed by atoms with Gasteiger partial charge in [-0.2, -0.15) is 4.99 Å². The number of rotatable bonds is 1. The Bertz CT molecular complexity index is 466. The van der Waals surface area contributed by atoms with E-state index in [1.54, 1.807) is 11.8 Å². The van der Waals surface area contributed by atoms with Crippen molar-refractivity contribution in [2.24, 2.45) is 4.99 Å². The van der Waals surface area contributed by atoms with Crippen LogP contribution in [-0.4, -0.2) is 29.1 Å². The Kier molecular flexibility index (Phi) is 3.37. The molecule has 0 aliphatic carbocycles. The number of amidine groups is 1. The number of nitrogens with zero attached hydrogens (tertiary/aromatic N) is 2. The number of thioether (sulfide) groups is 1. The van der Waals surface area contributed by atoms with Crippen LogP contribution in [-0.2, 0) is 4.79 Å². The number of hydrogen-bond donors (Lipinski definition) is 0. The summed E-state index contributed by atoms with van der Waals surface area (Å²) in [6.45, 7) is 2.08. The van der Waals surface area contributed by atoms with Crippen LogP contribution in [0.15, 0.2) is 35.3 Å². The van der Waals surface area contributed by atoms with Crippen molar-refractivity contribution in [3.63, 3.8) is 0 Å². The van der Waals surface area contributed by atoms with E-state index in [0.717, 1.165) is 23.8 Å². The molecule has 2 aliphatic heterocycles. The molecule has 0 spiro atoms. The van der Waals surface area contributed by atoms with E-state index >= 15 is 0 Å². The zero-order valence-electron chi connectivity index (χ0n) is 10.2. The van der Waals surface area contributed by atoms with Gasteiger partial charge in [-0.05, 0) is 24.8 Å². The summed E-state index contributed by atoms with van der Waals surface area (Å²) in [5, 5.41) is 0.789. The summed E-state index contributed by atoms with van der Waals surface area (Å²) in [6.07, 6.45) is 3.72. The Balaban J connectivity index is 1.74. The van der Waals surface area contributed by atoms with Gasteiger partial charge in [-0.25, -0.2) is 0 Å². The van der Waals surface area contributed by atoms with Crippen LogP contribution in [0.1, 0.15) is 30.1 Å². The first-order chi connectivity index (χ1) is 8.84. The van der Waals surface area contributed by atoms with Crippen LogP contribution >= 0.6 is 11.8 Å².